The van der Waals surface area contributed by atoms with Crippen LogP contribution in [-0.2, 0) is 16.1 Å². The van der Waals surface area contributed by atoms with E-state index in [0.29, 0.717) is 17.5 Å². The van der Waals surface area contributed by atoms with Crippen molar-refractivity contribution in [3.8, 4) is 0 Å². The first-order valence-electron chi connectivity index (χ1n) is 7.42. The van der Waals surface area contributed by atoms with Gasteiger partial charge in [-0.15, -0.1) is 0 Å². The number of hydrogen-bond acceptors (Lipinski definition) is 3. The van der Waals surface area contributed by atoms with Gasteiger partial charge in [-0.05, 0) is 37.3 Å². The van der Waals surface area contributed by atoms with Gasteiger partial charge < -0.3 is 15.4 Å². The zero-order valence-electron chi connectivity index (χ0n) is 12.4. The van der Waals surface area contributed by atoms with E-state index in [4.69, 9.17) is 22.1 Å². The third kappa shape index (κ3) is 4.70. The lowest BCUT2D eigenvalue weighted by Gasteiger charge is -2.34. The molecule has 0 aliphatic carbocycles. The van der Waals surface area contributed by atoms with Crippen LogP contribution in [0, 0.1) is 5.92 Å². The Hall–Kier alpha value is -1.10. The molecule has 0 unspecified atom stereocenters. The highest BCUT2D eigenvalue weighted by Crippen LogP contribution is 2.19. The minimum atomic E-state index is 0.0346. The SMILES string of the molecule is C[C@H](N)[C@H]1CCCN(C(=O)COCc2ccccc2Cl)C1. The average Bonchev–Trinajstić information content (AvgIpc) is 2.49. The van der Waals surface area contributed by atoms with Gasteiger partial charge in [-0.1, -0.05) is 29.8 Å². The Morgan fingerprint density at radius 3 is 3.00 bits per heavy atom. The van der Waals surface area contributed by atoms with Crippen LogP contribution in [0.3, 0.4) is 0 Å². The fourth-order valence-corrected chi connectivity index (χ4v) is 2.81. The number of nitrogens with zero attached hydrogens (tertiary/aromatic N) is 1. The zero-order valence-corrected chi connectivity index (χ0v) is 13.2. The van der Waals surface area contributed by atoms with Gasteiger partial charge in [0.15, 0.2) is 0 Å². The van der Waals surface area contributed by atoms with E-state index < -0.39 is 0 Å². The van der Waals surface area contributed by atoms with Crippen molar-refractivity contribution in [2.75, 3.05) is 19.7 Å². The van der Waals surface area contributed by atoms with Gasteiger partial charge in [0, 0.05) is 24.2 Å². The lowest BCUT2D eigenvalue weighted by Crippen LogP contribution is -2.46. The van der Waals surface area contributed by atoms with Gasteiger partial charge >= 0.3 is 0 Å². The van der Waals surface area contributed by atoms with E-state index in [9.17, 15) is 4.79 Å². The number of nitrogens with two attached hydrogens (primary N) is 1. The minimum Gasteiger partial charge on any atom is -0.367 e. The lowest BCUT2D eigenvalue weighted by molar-refractivity contribution is -0.138. The molecule has 0 saturated carbocycles. The van der Waals surface area contributed by atoms with Crippen LogP contribution in [0.1, 0.15) is 25.3 Å². The standard InChI is InChI=1S/C16H23ClN2O2/c1-12(18)13-6-4-8-19(9-13)16(20)11-21-10-14-5-2-3-7-15(14)17/h2-3,5,7,12-13H,4,6,8-11,18H2,1H3/t12-,13-/m0/s1. The molecule has 1 aliphatic rings. The number of carbonyl (C=O) groups is 1. The Kier molecular flexibility index (Phi) is 6.03. The fourth-order valence-electron chi connectivity index (χ4n) is 2.62. The first-order valence-corrected chi connectivity index (χ1v) is 7.80. The predicted molar refractivity (Wildman–Crippen MR) is 84.1 cm³/mol. The highest BCUT2D eigenvalue weighted by molar-refractivity contribution is 6.31. The Morgan fingerprint density at radius 2 is 2.29 bits per heavy atom. The van der Waals surface area contributed by atoms with Crippen LogP contribution in [-0.4, -0.2) is 36.5 Å². The van der Waals surface area contributed by atoms with E-state index in [-0.39, 0.29) is 18.6 Å². The highest BCUT2D eigenvalue weighted by Gasteiger charge is 2.25. The summed E-state index contributed by atoms with van der Waals surface area (Å²) in [6.07, 6.45) is 2.12. The second kappa shape index (κ2) is 7.78. The molecule has 0 bridgehead atoms. The van der Waals surface area contributed by atoms with E-state index in [2.05, 4.69) is 0 Å². The van der Waals surface area contributed by atoms with Crippen LogP contribution in [0.4, 0.5) is 0 Å². The molecule has 1 aliphatic heterocycles. The third-order valence-corrected chi connectivity index (χ3v) is 4.36. The van der Waals surface area contributed by atoms with E-state index in [0.717, 1.165) is 31.5 Å². The molecule has 1 heterocycles. The van der Waals surface area contributed by atoms with Crippen molar-refractivity contribution >= 4 is 17.5 Å². The Balaban J connectivity index is 1.78. The molecule has 1 amide bonds. The monoisotopic (exact) mass is 310 g/mol. The molecule has 0 aromatic heterocycles. The minimum absolute atomic E-state index is 0.0346. The lowest BCUT2D eigenvalue weighted by atomic mass is 9.92. The van der Waals surface area contributed by atoms with E-state index in [1.165, 1.54) is 0 Å². The van der Waals surface area contributed by atoms with E-state index in [1.807, 2.05) is 36.1 Å². The maximum Gasteiger partial charge on any atom is 0.248 e. The number of rotatable bonds is 5. The number of piperidine rings is 1. The molecule has 1 aromatic rings. The van der Waals surface area contributed by atoms with E-state index in [1.54, 1.807) is 0 Å². The van der Waals surface area contributed by atoms with Gasteiger partial charge in [0.05, 0.1) is 6.61 Å². The van der Waals surface area contributed by atoms with E-state index >= 15 is 0 Å². The van der Waals surface area contributed by atoms with Crippen molar-refractivity contribution in [3.05, 3.63) is 34.9 Å². The topological polar surface area (TPSA) is 55.6 Å². The quantitative estimate of drug-likeness (QED) is 0.909. The van der Waals surface area contributed by atoms with Crippen LogP contribution < -0.4 is 5.73 Å². The smallest absolute Gasteiger partial charge is 0.248 e. The summed E-state index contributed by atoms with van der Waals surface area (Å²) in [7, 11) is 0. The van der Waals surface area contributed by atoms with Crippen molar-refractivity contribution < 1.29 is 9.53 Å². The molecule has 2 rings (SSSR count). The second-order valence-electron chi connectivity index (χ2n) is 5.69. The first-order chi connectivity index (χ1) is 10.1. The molecule has 4 nitrogen and oxygen atoms in total. The van der Waals surface area contributed by atoms with Crippen LogP contribution in [0.25, 0.3) is 0 Å². The molecule has 1 fully saturated rings. The number of likely N-dealkylation sites (tertiary alicyclic amines) is 1. The summed E-state index contributed by atoms with van der Waals surface area (Å²) in [5, 5.41) is 0.667. The highest BCUT2D eigenvalue weighted by atomic mass is 35.5. The maximum atomic E-state index is 12.2. The molecule has 1 aromatic carbocycles. The summed E-state index contributed by atoms with van der Waals surface area (Å²) in [6, 6.07) is 7.63. The first kappa shape index (κ1) is 16.3. The van der Waals surface area contributed by atoms with Crippen molar-refractivity contribution in [3.63, 3.8) is 0 Å². The maximum absolute atomic E-state index is 12.2. The largest absolute Gasteiger partial charge is 0.367 e. The molecule has 21 heavy (non-hydrogen) atoms. The Labute approximate surface area is 131 Å². The molecule has 0 spiro atoms. The number of amides is 1. The fraction of sp³-hybridized carbons (Fsp3) is 0.562. The molecule has 1 saturated heterocycles. The summed E-state index contributed by atoms with van der Waals surface area (Å²) in [5.41, 5.74) is 6.84. The summed E-state index contributed by atoms with van der Waals surface area (Å²) in [6.45, 7) is 4.00. The Bertz CT molecular complexity index is 479. The summed E-state index contributed by atoms with van der Waals surface area (Å²) in [5.74, 6) is 0.429. The molecular weight excluding hydrogens is 288 g/mol. The molecule has 116 valence electrons. The summed E-state index contributed by atoms with van der Waals surface area (Å²) < 4.78 is 5.50. The summed E-state index contributed by atoms with van der Waals surface area (Å²) >= 11 is 6.05. The van der Waals surface area contributed by atoms with Gasteiger partial charge in [-0.3, -0.25) is 4.79 Å². The molecule has 0 radical (unpaired) electrons. The molecular formula is C16H23ClN2O2. The van der Waals surface area contributed by atoms with Crippen LogP contribution >= 0.6 is 11.6 Å². The number of hydrogen-bond donors (Lipinski definition) is 1. The van der Waals surface area contributed by atoms with Gasteiger partial charge in [0.1, 0.15) is 6.61 Å². The van der Waals surface area contributed by atoms with Crippen molar-refractivity contribution in [2.24, 2.45) is 11.7 Å². The zero-order chi connectivity index (χ0) is 15.2. The van der Waals surface area contributed by atoms with Crippen LogP contribution in [0.15, 0.2) is 24.3 Å². The predicted octanol–water partition coefficient (Wildman–Crippen LogP) is 2.44. The molecule has 2 N–H and O–H groups in total. The number of benzene rings is 1. The van der Waals surface area contributed by atoms with Crippen LogP contribution in [0.5, 0.6) is 0 Å². The van der Waals surface area contributed by atoms with Crippen LogP contribution in [0.2, 0.25) is 5.02 Å². The van der Waals surface area contributed by atoms with Crippen molar-refractivity contribution in [1.82, 2.24) is 4.90 Å². The third-order valence-electron chi connectivity index (χ3n) is 4.00. The van der Waals surface area contributed by atoms with Crippen molar-refractivity contribution in [1.29, 1.82) is 0 Å². The number of carbonyl (C=O) groups excluding carboxylic acids is 1. The number of halogens is 1. The summed E-state index contributed by atoms with van der Waals surface area (Å²) in [4.78, 5) is 14.0. The van der Waals surface area contributed by atoms with Gasteiger partial charge in [-0.25, -0.2) is 0 Å². The number of ether oxygens (including phenoxy) is 1. The second-order valence-corrected chi connectivity index (χ2v) is 6.09. The van der Waals surface area contributed by atoms with Crippen molar-refractivity contribution in [2.45, 2.75) is 32.4 Å². The normalized spacial score (nSPS) is 20.3. The van der Waals surface area contributed by atoms with Gasteiger partial charge in [0.25, 0.3) is 0 Å². The average molecular weight is 311 g/mol. The molecule has 5 heteroatoms. The van der Waals surface area contributed by atoms with Gasteiger partial charge in [-0.2, -0.15) is 0 Å². The molecule has 2 atom stereocenters. The van der Waals surface area contributed by atoms with Gasteiger partial charge in [0.2, 0.25) is 5.91 Å². The Morgan fingerprint density at radius 1 is 1.52 bits per heavy atom.